The van der Waals surface area contributed by atoms with E-state index in [4.69, 9.17) is 21.7 Å². The molecule has 172 valence electrons. The largest absolute Gasteiger partial charge is 0.372 e. The minimum absolute atomic E-state index is 0.427. The van der Waals surface area contributed by atoms with Crippen LogP contribution in [0.2, 0.25) is 0 Å². The summed E-state index contributed by atoms with van der Waals surface area (Å²) in [6.07, 6.45) is 5.93. The predicted octanol–water partition coefficient (Wildman–Crippen LogP) is 3.87. The zero-order valence-electron chi connectivity index (χ0n) is 18.8. The molecule has 2 aliphatic rings. The third kappa shape index (κ3) is 5.28. The predicted molar refractivity (Wildman–Crippen MR) is 133 cm³/mol. The molecular formula is C23H32N6O2S. The van der Waals surface area contributed by atoms with E-state index in [9.17, 15) is 0 Å². The topological polar surface area (TPSA) is 74.8 Å². The van der Waals surface area contributed by atoms with Gasteiger partial charge in [0.05, 0.1) is 19.4 Å². The second-order valence-corrected chi connectivity index (χ2v) is 8.41. The van der Waals surface area contributed by atoms with Crippen molar-refractivity contribution in [3.63, 3.8) is 0 Å². The summed E-state index contributed by atoms with van der Waals surface area (Å²) in [5, 5.41) is 7.03. The van der Waals surface area contributed by atoms with Gasteiger partial charge in [0.2, 0.25) is 0 Å². The summed E-state index contributed by atoms with van der Waals surface area (Å²) in [4.78, 5) is 13.3. The molecule has 2 aliphatic heterocycles. The van der Waals surface area contributed by atoms with Crippen LogP contribution in [0.1, 0.15) is 33.1 Å². The number of aromatic nitrogens is 2. The first-order chi connectivity index (χ1) is 15.6. The molecule has 3 heterocycles. The average molecular weight is 457 g/mol. The van der Waals surface area contributed by atoms with Crippen molar-refractivity contribution < 1.29 is 9.47 Å². The average Bonchev–Trinajstić information content (AvgIpc) is 2.82. The maximum Gasteiger partial charge on any atom is 0.175 e. The van der Waals surface area contributed by atoms with E-state index in [1.165, 1.54) is 5.69 Å². The molecule has 0 unspecified atom stereocenters. The maximum absolute atomic E-state index is 5.96. The molecule has 2 N–H and O–H groups in total. The SMILES string of the molecule is CCN(CC)c1ccc(NC(=S)Nc2cncnc2N2CCC3(CC2)OCCCO3)cc1. The van der Waals surface area contributed by atoms with Crippen LogP contribution in [0, 0.1) is 0 Å². The van der Waals surface area contributed by atoms with Crippen LogP contribution in [0.4, 0.5) is 22.9 Å². The van der Waals surface area contributed by atoms with E-state index in [1.54, 1.807) is 12.5 Å². The van der Waals surface area contributed by atoms with Gasteiger partial charge in [-0.2, -0.15) is 0 Å². The molecule has 2 saturated heterocycles. The van der Waals surface area contributed by atoms with Crippen molar-refractivity contribution in [3.05, 3.63) is 36.8 Å². The van der Waals surface area contributed by atoms with E-state index in [2.05, 4.69) is 56.4 Å². The molecule has 0 saturated carbocycles. The zero-order chi connectivity index (χ0) is 22.4. The Labute approximate surface area is 195 Å². The minimum atomic E-state index is -0.427. The number of rotatable bonds is 6. The summed E-state index contributed by atoms with van der Waals surface area (Å²) in [5.74, 6) is 0.412. The fraction of sp³-hybridized carbons (Fsp3) is 0.522. The Bertz CT molecular complexity index is 890. The Morgan fingerprint density at radius 1 is 1.09 bits per heavy atom. The third-order valence-corrected chi connectivity index (χ3v) is 6.24. The van der Waals surface area contributed by atoms with Crippen molar-refractivity contribution in [2.24, 2.45) is 0 Å². The van der Waals surface area contributed by atoms with Crippen molar-refractivity contribution in [1.29, 1.82) is 0 Å². The third-order valence-electron chi connectivity index (χ3n) is 6.04. The summed E-state index contributed by atoms with van der Waals surface area (Å²) in [7, 11) is 0. The van der Waals surface area contributed by atoms with Gasteiger partial charge < -0.3 is 29.9 Å². The van der Waals surface area contributed by atoms with Gasteiger partial charge in [-0.15, -0.1) is 0 Å². The van der Waals surface area contributed by atoms with Crippen LogP contribution in [0.25, 0.3) is 0 Å². The molecule has 32 heavy (non-hydrogen) atoms. The summed E-state index contributed by atoms with van der Waals surface area (Å²) in [5.41, 5.74) is 2.92. The lowest BCUT2D eigenvalue weighted by Gasteiger charge is -2.43. The Morgan fingerprint density at radius 2 is 1.78 bits per heavy atom. The van der Waals surface area contributed by atoms with E-state index < -0.39 is 5.79 Å². The first-order valence-corrected chi connectivity index (χ1v) is 11.8. The van der Waals surface area contributed by atoms with Gasteiger partial charge in [0.25, 0.3) is 0 Å². The fourth-order valence-electron chi connectivity index (χ4n) is 4.26. The smallest absolute Gasteiger partial charge is 0.175 e. The number of hydrogen-bond donors (Lipinski definition) is 2. The van der Waals surface area contributed by atoms with E-state index in [-0.39, 0.29) is 0 Å². The molecule has 0 aliphatic carbocycles. The lowest BCUT2D eigenvalue weighted by Crippen LogP contribution is -2.50. The number of nitrogens with zero attached hydrogens (tertiary/aromatic N) is 4. The Balaban J connectivity index is 1.37. The van der Waals surface area contributed by atoms with Crippen LogP contribution < -0.4 is 20.4 Å². The molecule has 1 aromatic heterocycles. The molecule has 1 aromatic carbocycles. The van der Waals surface area contributed by atoms with Gasteiger partial charge in [-0.1, -0.05) is 0 Å². The van der Waals surface area contributed by atoms with E-state index in [0.717, 1.165) is 75.8 Å². The van der Waals surface area contributed by atoms with Crippen molar-refractivity contribution >= 4 is 40.2 Å². The fourth-order valence-corrected chi connectivity index (χ4v) is 4.48. The first kappa shape index (κ1) is 22.7. The molecule has 0 atom stereocenters. The lowest BCUT2D eigenvalue weighted by molar-refractivity contribution is -0.275. The van der Waals surface area contributed by atoms with E-state index >= 15 is 0 Å². The molecule has 4 rings (SSSR count). The normalized spacial score (nSPS) is 17.8. The number of hydrogen-bond acceptors (Lipinski definition) is 7. The first-order valence-electron chi connectivity index (χ1n) is 11.4. The van der Waals surface area contributed by atoms with Crippen LogP contribution in [0.3, 0.4) is 0 Å². The highest BCUT2D eigenvalue weighted by Crippen LogP contribution is 2.34. The molecular weight excluding hydrogens is 424 g/mol. The lowest BCUT2D eigenvalue weighted by atomic mass is 10.0. The van der Waals surface area contributed by atoms with Crippen LogP contribution in [-0.2, 0) is 9.47 Å². The Kier molecular flexibility index (Phi) is 7.39. The molecule has 0 bridgehead atoms. The number of nitrogens with one attached hydrogen (secondary N) is 2. The second kappa shape index (κ2) is 10.4. The van der Waals surface area contributed by atoms with Gasteiger partial charge in [-0.3, -0.25) is 0 Å². The molecule has 1 spiro atoms. The van der Waals surface area contributed by atoms with Crippen molar-refractivity contribution in [1.82, 2.24) is 9.97 Å². The number of benzene rings is 1. The van der Waals surface area contributed by atoms with Gasteiger partial charge in [0.1, 0.15) is 12.0 Å². The minimum Gasteiger partial charge on any atom is -0.372 e. The van der Waals surface area contributed by atoms with Crippen LogP contribution in [0.15, 0.2) is 36.8 Å². The Hall–Kier alpha value is -2.49. The summed E-state index contributed by atoms with van der Waals surface area (Å²) < 4.78 is 11.9. The Morgan fingerprint density at radius 3 is 2.44 bits per heavy atom. The number of ether oxygens (including phenoxy) is 2. The van der Waals surface area contributed by atoms with Gasteiger partial charge >= 0.3 is 0 Å². The highest BCUT2D eigenvalue weighted by molar-refractivity contribution is 7.80. The quantitative estimate of drug-likeness (QED) is 0.630. The molecule has 8 nitrogen and oxygen atoms in total. The van der Waals surface area contributed by atoms with E-state index in [0.29, 0.717) is 5.11 Å². The maximum atomic E-state index is 5.96. The van der Waals surface area contributed by atoms with Gasteiger partial charge in [0, 0.05) is 50.4 Å². The highest BCUT2D eigenvalue weighted by Gasteiger charge is 2.39. The number of piperidine rings is 1. The van der Waals surface area contributed by atoms with Crippen LogP contribution in [-0.4, -0.2) is 60.3 Å². The monoisotopic (exact) mass is 456 g/mol. The van der Waals surface area contributed by atoms with Crippen molar-refractivity contribution in [2.75, 3.05) is 59.8 Å². The standard InChI is InChI=1S/C23H32N6O2S/c1-3-28(4-2)19-8-6-18(7-9-19)26-22(32)27-20-16-24-17-25-21(20)29-12-10-23(11-13-29)30-14-5-15-31-23/h6-9,16-17H,3-5,10-15H2,1-2H3,(H2,26,27,32). The molecule has 2 fully saturated rings. The summed E-state index contributed by atoms with van der Waals surface area (Å²) >= 11 is 5.56. The van der Waals surface area contributed by atoms with Gasteiger partial charge in [-0.05, 0) is 56.8 Å². The number of thiocarbonyl (C=S) groups is 1. The van der Waals surface area contributed by atoms with Crippen molar-refractivity contribution in [2.45, 2.75) is 38.9 Å². The second-order valence-electron chi connectivity index (χ2n) is 8.01. The van der Waals surface area contributed by atoms with Crippen LogP contribution >= 0.6 is 12.2 Å². The molecule has 0 amide bonds. The van der Waals surface area contributed by atoms with Gasteiger partial charge in [-0.25, -0.2) is 9.97 Å². The summed E-state index contributed by atoms with van der Waals surface area (Å²) in [6, 6.07) is 8.29. The molecule has 2 aromatic rings. The molecule has 9 heteroatoms. The summed E-state index contributed by atoms with van der Waals surface area (Å²) in [6.45, 7) is 9.44. The zero-order valence-corrected chi connectivity index (χ0v) is 19.7. The highest BCUT2D eigenvalue weighted by atomic mass is 32.1. The number of anilines is 4. The van der Waals surface area contributed by atoms with Crippen molar-refractivity contribution in [3.8, 4) is 0 Å². The van der Waals surface area contributed by atoms with Crippen LogP contribution in [0.5, 0.6) is 0 Å². The molecule has 0 radical (unpaired) electrons. The van der Waals surface area contributed by atoms with E-state index in [1.807, 2.05) is 12.1 Å². The van der Waals surface area contributed by atoms with Gasteiger partial charge in [0.15, 0.2) is 16.7 Å².